The molecule has 2 amide bonds. The molecule has 4 rings (SSSR count). The highest BCUT2D eigenvalue weighted by molar-refractivity contribution is 7.08. The van der Waals surface area contributed by atoms with Crippen molar-refractivity contribution in [2.75, 3.05) is 19.7 Å². The molecule has 172 valence electrons. The lowest BCUT2D eigenvalue weighted by molar-refractivity contribution is 0.0524. The Morgan fingerprint density at radius 3 is 2.48 bits per heavy atom. The van der Waals surface area contributed by atoms with E-state index in [0.29, 0.717) is 42.1 Å². The van der Waals surface area contributed by atoms with Crippen molar-refractivity contribution < 1.29 is 19.1 Å². The summed E-state index contributed by atoms with van der Waals surface area (Å²) in [7, 11) is 0. The van der Waals surface area contributed by atoms with Crippen molar-refractivity contribution >= 4 is 29.1 Å². The fourth-order valence-corrected chi connectivity index (χ4v) is 4.53. The lowest BCUT2D eigenvalue weighted by atomic mass is 10.0. The first-order valence-corrected chi connectivity index (χ1v) is 11.9. The summed E-state index contributed by atoms with van der Waals surface area (Å²) in [6.07, 6.45) is 2.94. The van der Waals surface area contributed by atoms with Gasteiger partial charge in [0.2, 0.25) is 0 Å². The van der Waals surface area contributed by atoms with Crippen molar-refractivity contribution in [3.63, 3.8) is 0 Å². The Bertz CT molecular complexity index is 1130. The molecule has 1 fully saturated rings. The summed E-state index contributed by atoms with van der Waals surface area (Å²) in [6, 6.07) is 9.05. The van der Waals surface area contributed by atoms with Gasteiger partial charge in [-0.05, 0) is 62.4 Å². The lowest BCUT2D eigenvalue weighted by Crippen LogP contribution is -2.46. The standard InChI is InChI=1S/C24H26N4O4S/c1-3-32-24(31)21-14-25-28(16(21)2)20-6-4-17(5-7-20)23(30)27-11-8-19(9-12-27)26-22(29)18-10-13-33-15-18/h4-7,10,13-15,19H,3,8-9,11-12H2,1-2H3,(H,26,29). The third kappa shape index (κ3) is 4.98. The van der Waals surface area contributed by atoms with Crippen LogP contribution in [0.25, 0.3) is 5.69 Å². The molecule has 0 spiro atoms. The number of nitrogens with one attached hydrogen (secondary N) is 1. The van der Waals surface area contributed by atoms with Gasteiger partial charge in [-0.3, -0.25) is 9.59 Å². The molecule has 1 aromatic carbocycles. The Kier molecular flexibility index (Phi) is 6.88. The number of ether oxygens (including phenoxy) is 1. The molecular formula is C24H26N4O4S. The Morgan fingerprint density at radius 1 is 1.12 bits per heavy atom. The molecular weight excluding hydrogens is 440 g/mol. The van der Waals surface area contributed by atoms with Crippen molar-refractivity contribution in [2.24, 2.45) is 0 Å². The number of aromatic nitrogens is 2. The smallest absolute Gasteiger partial charge is 0.341 e. The largest absolute Gasteiger partial charge is 0.462 e. The van der Waals surface area contributed by atoms with Crippen LogP contribution in [0.1, 0.15) is 56.5 Å². The van der Waals surface area contributed by atoms with Gasteiger partial charge in [0, 0.05) is 35.6 Å². The van der Waals surface area contributed by atoms with Crippen LogP contribution in [0.4, 0.5) is 0 Å². The third-order valence-electron chi connectivity index (χ3n) is 5.76. The number of thiophene rings is 1. The molecule has 1 saturated heterocycles. The second-order valence-electron chi connectivity index (χ2n) is 7.87. The number of esters is 1. The molecule has 1 aliphatic heterocycles. The molecule has 1 N–H and O–H groups in total. The quantitative estimate of drug-likeness (QED) is 0.562. The van der Waals surface area contributed by atoms with E-state index < -0.39 is 5.97 Å². The van der Waals surface area contributed by atoms with Crippen LogP contribution in [0.15, 0.2) is 47.3 Å². The van der Waals surface area contributed by atoms with Gasteiger partial charge in [-0.15, -0.1) is 0 Å². The van der Waals surface area contributed by atoms with Gasteiger partial charge >= 0.3 is 5.97 Å². The first-order valence-electron chi connectivity index (χ1n) is 10.9. The van der Waals surface area contributed by atoms with E-state index in [4.69, 9.17) is 4.74 Å². The monoisotopic (exact) mass is 466 g/mol. The van der Waals surface area contributed by atoms with E-state index >= 15 is 0 Å². The first-order chi connectivity index (χ1) is 16.0. The van der Waals surface area contributed by atoms with E-state index in [1.54, 1.807) is 30.7 Å². The van der Waals surface area contributed by atoms with E-state index in [2.05, 4.69) is 10.4 Å². The zero-order valence-corrected chi connectivity index (χ0v) is 19.4. The summed E-state index contributed by atoms with van der Waals surface area (Å²) >= 11 is 1.50. The van der Waals surface area contributed by atoms with Crippen molar-refractivity contribution in [2.45, 2.75) is 32.7 Å². The van der Waals surface area contributed by atoms with E-state index in [1.165, 1.54) is 17.5 Å². The van der Waals surface area contributed by atoms with E-state index in [0.717, 1.165) is 18.5 Å². The number of piperidine rings is 1. The summed E-state index contributed by atoms with van der Waals surface area (Å²) < 4.78 is 6.71. The predicted octanol–water partition coefficient (Wildman–Crippen LogP) is 3.45. The van der Waals surface area contributed by atoms with Crippen LogP contribution in [0.2, 0.25) is 0 Å². The number of hydrogen-bond acceptors (Lipinski definition) is 6. The fraction of sp³-hybridized carbons (Fsp3) is 0.333. The van der Waals surface area contributed by atoms with Crippen LogP contribution < -0.4 is 5.32 Å². The lowest BCUT2D eigenvalue weighted by Gasteiger charge is -2.32. The Hall–Kier alpha value is -3.46. The molecule has 3 heterocycles. The maximum atomic E-state index is 13.0. The number of rotatable bonds is 6. The number of likely N-dealkylation sites (tertiary alicyclic amines) is 1. The Labute approximate surface area is 196 Å². The van der Waals surface area contributed by atoms with Crippen LogP contribution in [-0.4, -0.2) is 58.2 Å². The summed E-state index contributed by atoms with van der Waals surface area (Å²) in [5.41, 5.74) is 3.13. The van der Waals surface area contributed by atoms with Crippen LogP contribution in [-0.2, 0) is 4.74 Å². The molecule has 2 aromatic heterocycles. The average Bonchev–Trinajstić information content (AvgIpc) is 3.50. The minimum absolute atomic E-state index is 0.0337. The molecule has 0 unspecified atom stereocenters. The van der Waals surface area contributed by atoms with Crippen molar-refractivity contribution in [3.05, 3.63) is 69.7 Å². The summed E-state index contributed by atoms with van der Waals surface area (Å²) in [6.45, 7) is 5.06. The van der Waals surface area contributed by atoms with E-state index in [1.807, 2.05) is 33.9 Å². The van der Waals surface area contributed by atoms with Crippen LogP contribution in [0, 0.1) is 6.92 Å². The van der Waals surface area contributed by atoms with Gasteiger partial charge in [0.15, 0.2) is 0 Å². The fourth-order valence-electron chi connectivity index (χ4n) is 3.90. The Balaban J connectivity index is 1.35. The number of hydrogen-bond donors (Lipinski definition) is 1. The zero-order valence-electron chi connectivity index (χ0n) is 18.6. The molecule has 9 heteroatoms. The molecule has 8 nitrogen and oxygen atoms in total. The number of amides is 2. The SMILES string of the molecule is CCOC(=O)c1cnn(-c2ccc(C(=O)N3CCC(NC(=O)c4ccsc4)CC3)cc2)c1C. The second-order valence-corrected chi connectivity index (χ2v) is 8.65. The van der Waals surface area contributed by atoms with Crippen molar-refractivity contribution in [1.82, 2.24) is 20.0 Å². The summed E-state index contributed by atoms with van der Waals surface area (Å²) in [4.78, 5) is 39.0. The van der Waals surface area contributed by atoms with E-state index in [-0.39, 0.29) is 17.9 Å². The molecule has 33 heavy (non-hydrogen) atoms. The van der Waals surface area contributed by atoms with Gasteiger partial charge < -0.3 is 15.0 Å². The predicted molar refractivity (Wildman–Crippen MR) is 125 cm³/mol. The normalized spacial score (nSPS) is 14.2. The Morgan fingerprint density at radius 2 is 1.85 bits per heavy atom. The van der Waals surface area contributed by atoms with Gasteiger partial charge in [-0.1, -0.05) is 0 Å². The van der Waals surface area contributed by atoms with E-state index in [9.17, 15) is 14.4 Å². The highest BCUT2D eigenvalue weighted by Gasteiger charge is 2.25. The molecule has 0 saturated carbocycles. The number of benzene rings is 1. The molecule has 0 aliphatic carbocycles. The van der Waals surface area contributed by atoms with Gasteiger partial charge in [0.25, 0.3) is 11.8 Å². The van der Waals surface area contributed by atoms with Gasteiger partial charge in [0.1, 0.15) is 5.56 Å². The molecule has 3 aromatic rings. The highest BCUT2D eigenvalue weighted by atomic mass is 32.1. The minimum atomic E-state index is -0.400. The second kappa shape index (κ2) is 9.99. The van der Waals surface area contributed by atoms with Gasteiger partial charge in [-0.25, -0.2) is 9.48 Å². The average molecular weight is 467 g/mol. The van der Waals surface area contributed by atoms with Crippen LogP contribution >= 0.6 is 11.3 Å². The highest BCUT2D eigenvalue weighted by Crippen LogP contribution is 2.19. The first kappa shape index (κ1) is 22.7. The van der Waals surface area contributed by atoms with Gasteiger partial charge in [0.05, 0.1) is 24.2 Å². The maximum Gasteiger partial charge on any atom is 0.341 e. The van der Waals surface area contributed by atoms with Crippen molar-refractivity contribution in [3.8, 4) is 5.69 Å². The minimum Gasteiger partial charge on any atom is -0.462 e. The summed E-state index contributed by atoms with van der Waals surface area (Å²) in [5, 5.41) is 11.1. The molecule has 0 bridgehead atoms. The van der Waals surface area contributed by atoms with Gasteiger partial charge in [-0.2, -0.15) is 16.4 Å². The number of nitrogens with zero attached hydrogens (tertiary/aromatic N) is 3. The topological polar surface area (TPSA) is 93.5 Å². The molecule has 0 atom stereocenters. The third-order valence-corrected chi connectivity index (χ3v) is 6.45. The number of carbonyl (C=O) groups excluding carboxylic acids is 3. The summed E-state index contributed by atoms with van der Waals surface area (Å²) in [5.74, 6) is -0.492. The molecule has 0 radical (unpaired) electrons. The maximum absolute atomic E-state index is 13.0. The van der Waals surface area contributed by atoms with Crippen LogP contribution in [0.3, 0.4) is 0 Å². The van der Waals surface area contributed by atoms with Crippen molar-refractivity contribution in [1.29, 1.82) is 0 Å². The van der Waals surface area contributed by atoms with Crippen LogP contribution in [0.5, 0.6) is 0 Å². The number of carbonyl (C=O) groups is 3. The molecule has 1 aliphatic rings. The zero-order chi connectivity index (χ0) is 23.4.